The molecule has 0 spiro atoms. The zero-order valence-corrected chi connectivity index (χ0v) is 10.6. The molecule has 0 saturated carbocycles. The van der Waals surface area contributed by atoms with Gasteiger partial charge in [-0.05, 0) is 13.8 Å². The van der Waals surface area contributed by atoms with Gasteiger partial charge in [0.15, 0.2) is 16.7 Å². The van der Waals surface area contributed by atoms with Crippen molar-refractivity contribution in [3.63, 3.8) is 0 Å². The Labute approximate surface area is 100 Å². The van der Waals surface area contributed by atoms with Gasteiger partial charge in [-0.3, -0.25) is 0 Å². The monoisotopic (exact) mass is 245 g/mol. The molecule has 16 heavy (non-hydrogen) atoms. The first-order valence-corrected chi connectivity index (χ1v) is 5.21. The van der Waals surface area contributed by atoms with Crippen LogP contribution in [0.25, 0.3) is 0 Å². The van der Waals surface area contributed by atoms with Crippen molar-refractivity contribution in [1.82, 2.24) is 9.97 Å². The normalized spacial score (nSPS) is 11.3. The van der Waals surface area contributed by atoms with Crippen LogP contribution in [-0.2, 0) is 4.74 Å². The summed E-state index contributed by atoms with van der Waals surface area (Å²) in [6, 6.07) is 0. The number of halogens is 1. The average Bonchev–Trinajstić information content (AvgIpc) is 2.26. The number of aromatic nitrogens is 2. The predicted octanol–water partition coefficient (Wildman–Crippen LogP) is 1.98. The molecule has 5 nitrogen and oxygen atoms in total. The highest BCUT2D eigenvalue weighted by atomic mass is 35.5. The van der Waals surface area contributed by atoms with Crippen molar-refractivity contribution in [2.45, 2.75) is 19.4 Å². The molecule has 1 aromatic rings. The topological polar surface area (TPSA) is 56.3 Å². The average molecular weight is 246 g/mol. The third-order valence-corrected chi connectivity index (χ3v) is 2.47. The summed E-state index contributed by atoms with van der Waals surface area (Å²) in [6.45, 7) is 4.53. The summed E-state index contributed by atoms with van der Waals surface area (Å²) >= 11 is 5.87. The SMILES string of the molecule is COc1c(Cl)ncnc1NCC(C)(C)OC. The molecule has 0 aliphatic rings. The fourth-order valence-corrected chi connectivity index (χ4v) is 1.24. The highest BCUT2D eigenvalue weighted by Crippen LogP contribution is 2.28. The molecular formula is C10H16ClN3O2. The van der Waals surface area contributed by atoms with Gasteiger partial charge in [-0.15, -0.1) is 0 Å². The van der Waals surface area contributed by atoms with Crippen molar-refractivity contribution in [1.29, 1.82) is 0 Å². The van der Waals surface area contributed by atoms with E-state index in [2.05, 4.69) is 15.3 Å². The molecule has 0 bridgehead atoms. The Bertz CT molecular complexity index is 358. The van der Waals surface area contributed by atoms with Gasteiger partial charge in [0.25, 0.3) is 0 Å². The van der Waals surface area contributed by atoms with Gasteiger partial charge in [0, 0.05) is 13.7 Å². The Hall–Kier alpha value is -1.07. The van der Waals surface area contributed by atoms with Crippen LogP contribution in [0.3, 0.4) is 0 Å². The Morgan fingerprint density at radius 2 is 2.06 bits per heavy atom. The molecule has 1 heterocycles. The number of rotatable bonds is 5. The molecule has 0 aliphatic carbocycles. The second-order valence-corrected chi connectivity index (χ2v) is 4.22. The van der Waals surface area contributed by atoms with Crippen LogP contribution in [0.4, 0.5) is 5.82 Å². The summed E-state index contributed by atoms with van der Waals surface area (Å²) < 4.78 is 10.4. The van der Waals surface area contributed by atoms with Gasteiger partial charge < -0.3 is 14.8 Å². The largest absolute Gasteiger partial charge is 0.490 e. The predicted molar refractivity (Wildman–Crippen MR) is 63.2 cm³/mol. The Morgan fingerprint density at radius 1 is 1.38 bits per heavy atom. The number of methoxy groups -OCH3 is 2. The molecule has 1 aromatic heterocycles. The van der Waals surface area contributed by atoms with Crippen molar-refractivity contribution < 1.29 is 9.47 Å². The number of hydrogen-bond acceptors (Lipinski definition) is 5. The first-order chi connectivity index (χ1) is 7.50. The number of nitrogens with zero attached hydrogens (tertiary/aromatic N) is 2. The lowest BCUT2D eigenvalue weighted by Gasteiger charge is -2.23. The number of nitrogens with one attached hydrogen (secondary N) is 1. The van der Waals surface area contributed by atoms with Gasteiger partial charge in [0.2, 0.25) is 0 Å². The third kappa shape index (κ3) is 3.21. The van der Waals surface area contributed by atoms with Crippen LogP contribution >= 0.6 is 11.6 Å². The smallest absolute Gasteiger partial charge is 0.198 e. The van der Waals surface area contributed by atoms with Crippen molar-refractivity contribution >= 4 is 17.4 Å². The molecule has 0 amide bonds. The van der Waals surface area contributed by atoms with E-state index in [0.29, 0.717) is 18.1 Å². The maximum atomic E-state index is 5.87. The molecule has 0 aliphatic heterocycles. The molecule has 0 saturated heterocycles. The van der Waals surface area contributed by atoms with Crippen LogP contribution in [0.1, 0.15) is 13.8 Å². The Kier molecular flexibility index (Phi) is 4.32. The van der Waals surface area contributed by atoms with Gasteiger partial charge in [-0.25, -0.2) is 9.97 Å². The summed E-state index contributed by atoms with van der Waals surface area (Å²) in [6.07, 6.45) is 1.38. The molecule has 6 heteroatoms. The molecule has 0 atom stereocenters. The van der Waals surface area contributed by atoms with Crippen LogP contribution in [0.15, 0.2) is 6.33 Å². The third-order valence-electron chi connectivity index (χ3n) is 2.20. The van der Waals surface area contributed by atoms with Crippen LogP contribution in [0, 0.1) is 0 Å². The van der Waals surface area contributed by atoms with E-state index in [1.165, 1.54) is 13.4 Å². The zero-order valence-electron chi connectivity index (χ0n) is 9.87. The minimum Gasteiger partial charge on any atom is -0.490 e. The Morgan fingerprint density at radius 3 is 2.62 bits per heavy atom. The molecule has 90 valence electrons. The molecule has 0 radical (unpaired) electrons. The molecule has 1 N–H and O–H groups in total. The quantitative estimate of drug-likeness (QED) is 0.804. The molecule has 0 aromatic carbocycles. The minimum absolute atomic E-state index is 0.287. The van der Waals surface area contributed by atoms with E-state index >= 15 is 0 Å². The van der Waals surface area contributed by atoms with E-state index in [4.69, 9.17) is 21.1 Å². The van der Waals surface area contributed by atoms with Gasteiger partial charge in [0.05, 0.1) is 12.7 Å². The summed E-state index contributed by atoms with van der Waals surface area (Å²) in [4.78, 5) is 7.89. The number of hydrogen-bond donors (Lipinski definition) is 1. The molecule has 0 unspecified atom stereocenters. The second-order valence-electron chi connectivity index (χ2n) is 3.86. The van der Waals surface area contributed by atoms with E-state index in [1.54, 1.807) is 7.11 Å². The highest BCUT2D eigenvalue weighted by molar-refractivity contribution is 6.31. The summed E-state index contributed by atoms with van der Waals surface area (Å²) in [5, 5.41) is 3.40. The van der Waals surface area contributed by atoms with Crippen LogP contribution < -0.4 is 10.1 Å². The van der Waals surface area contributed by atoms with E-state index < -0.39 is 0 Å². The van der Waals surface area contributed by atoms with Gasteiger partial charge >= 0.3 is 0 Å². The van der Waals surface area contributed by atoms with Gasteiger partial charge in [0.1, 0.15) is 6.33 Å². The van der Waals surface area contributed by atoms with Crippen LogP contribution in [0.2, 0.25) is 5.15 Å². The van der Waals surface area contributed by atoms with Crippen molar-refractivity contribution in [2.24, 2.45) is 0 Å². The number of anilines is 1. The van der Waals surface area contributed by atoms with Gasteiger partial charge in [-0.2, -0.15) is 0 Å². The van der Waals surface area contributed by atoms with E-state index in [1.807, 2.05) is 13.8 Å². The molecule has 0 fully saturated rings. The van der Waals surface area contributed by atoms with E-state index in [0.717, 1.165) is 0 Å². The van der Waals surface area contributed by atoms with Crippen LogP contribution in [0.5, 0.6) is 5.75 Å². The molecular weight excluding hydrogens is 230 g/mol. The van der Waals surface area contributed by atoms with Crippen molar-refractivity contribution in [3.8, 4) is 5.75 Å². The fraction of sp³-hybridized carbons (Fsp3) is 0.600. The van der Waals surface area contributed by atoms with Gasteiger partial charge in [-0.1, -0.05) is 11.6 Å². The lowest BCUT2D eigenvalue weighted by Crippen LogP contribution is -2.32. The maximum absolute atomic E-state index is 5.87. The standard InChI is InChI=1S/C10H16ClN3O2/c1-10(2,16-4)5-12-9-7(15-3)8(11)13-6-14-9/h6H,5H2,1-4H3,(H,12,13,14). The summed E-state index contributed by atoms with van der Waals surface area (Å²) in [5.41, 5.74) is -0.289. The molecule has 1 rings (SSSR count). The fourth-order valence-electron chi connectivity index (χ4n) is 1.03. The van der Waals surface area contributed by atoms with Crippen molar-refractivity contribution in [3.05, 3.63) is 11.5 Å². The van der Waals surface area contributed by atoms with E-state index in [9.17, 15) is 0 Å². The second kappa shape index (κ2) is 5.32. The lowest BCUT2D eigenvalue weighted by atomic mass is 10.1. The Balaban J connectivity index is 2.78. The summed E-state index contributed by atoms with van der Waals surface area (Å²) in [5.74, 6) is 1.00. The van der Waals surface area contributed by atoms with Crippen LogP contribution in [-0.4, -0.2) is 36.3 Å². The highest BCUT2D eigenvalue weighted by Gasteiger charge is 2.18. The van der Waals surface area contributed by atoms with Crippen molar-refractivity contribution in [2.75, 3.05) is 26.1 Å². The lowest BCUT2D eigenvalue weighted by molar-refractivity contribution is 0.0343. The maximum Gasteiger partial charge on any atom is 0.198 e. The number of ether oxygens (including phenoxy) is 2. The first-order valence-electron chi connectivity index (χ1n) is 4.83. The first kappa shape index (κ1) is 13.0. The zero-order chi connectivity index (χ0) is 12.2. The van der Waals surface area contributed by atoms with E-state index in [-0.39, 0.29) is 10.8 Å². The summed E-state index contributed by atoms with van der Waals surface area (Å²) in [7, 11) is 3.18. The minimum atomic E-state index is -0.289.